The minimum absolute atomic E-state index is 0.196. The average Bonchev–Trinajstić information content (AvgIpc) is 3.06. The molecule has 6 heteroatoms. The van der Waals surface area contributed by atoms with Crippen molar-refractivity contribution in [3.05, 3.63) is 53.6 Å². The number of hydrogen-bond donors (Lipinski definition) is 1. The lowest BCUT2D eigenvalue weighted by Gasteiger charge is -2.11. The Labute approximate surface area is 131 Å². The van der Waals surface area contributed by atoms with E-state index in [2.05, 4.69) is 21.7 Å². The molecule has 0 bridgehead atoms. The van der Waals surface area contributed by atoms with Gasteiger partial charge in [-0.15, -0.1) is 0 Å². The summed E-state index contributed by atoms with van der Waals surface area (Å²) in [6.07, 6.45) is 5.21. The van der Waals surface area contributed by atoms with Crippen molar-refractivity contribution in [1.82, 2.24) is 9.55 Å². The molecule has 0 radical (unpaired) electrons. The predicted octanol–water partition coefficient (Wildman–Crippen LogP) is 1.37. The van der Waals surface area contributed by atoms with Crippen LogP contribution in [0.25, 0.3) is 0 Å². The lowest BCUT2D eigenvalue weighted by atomic mass is 10.0. The van der Waals surface area contributed by atoms with Crippen LogP contribution in [0.4, 0.5) is 0 Å². The number of aromatic nitrogens is 2. The maximum Gasteiger partial charge on any atom is 0.150 e. The molecule has 1 aromatic carbocycles. The molecular weight excluding hydrogens is 298 g/mol. The van der Waals surface area contributed by atoms with Gasteiger partial charge in [0.2, 0.25) is 0 Å². The highest BCUT2D eigenvalue weighted by molar-refractivity contribution is 7.91. The Balaban J connectivity index is 1.72. The molecule has 1 aliphatic rings. The summed E-state index contributed by atoms with van der Waals surface area (Å²) in [5.41, 5.74) is 7.97. The quantitative estimate of drug-likeness (QED) is 0.903. The third-order valence-corrected chi connectivity index (χ3v) is 6.02. The molecule has 0 aliphatic carbocycles. The van der Waals surface area contributed by atoms with Gasteiger partial charge < -0.3 is 10.3 Å². The SMILES string of the molecule is NCc1cccc(Cn2ccnc2CC2CCS(=O)(=O)C2)c1. The van der Waals surface area contributed by atoms with Crippen molar-refractivity contribution in [2.75, 3.05) is 11.5 Å². The molecular formula is C16H21N3O2S. The van der Waals surface area contributed by atoms with Crippen LogP contribution in [0, 0.1) is 5.92 Å². The zero-order chi connectivity index (χ0) is 15.6. The first-order valence-corrected chi connectivity index (χ1v) is 9.36. The van der Waals surface area contributed by atoms with Gasteiger partial charge in [0.05, 0.1) is 11.5 Å². The van der Waals surface area contributed by atoms with Crippen molar-refractivity contribution in [1.29, 1.82) is 0 Å². The standard InChI is InChI=1S/C16H21N3O2S/c17-10-13-2-1-3-14(8-13)11-19-6-5-18-16(19)9-15-4-7-22(20,21)12-15/h1-3,5-6,8,15H,4,7,9-12,17H2. The fourth-order valence-electron chi connectivity index (χ4n) is 3.02. The second-order valence-corrected chi connectivity index (χ2v) is 8.20. The van der Waals surface area contributed by atoms with Gasteiger partial charge in [0.25, 0.3) is 0 Å². The molecule has 1 atom stereocenters. The number of benzene rings is 1. The van der Waals surface area contributed by atoms with Crippen LogP contribution in [-0.4, -0.2) is 29.5 Å². The zero-order valence-corrected chi connectivity index (χ0v) is 13.3. The van der Waals surface area contributed by atoms with Crippen LogP contribution in [0.2, 0.25) is 0 Å². The van der Waals surface area contributed by atoms with E-state index in [9.17, 15) is 8.42 Å². The molecule has 3 rings (SSSR count). The second kappa shape index (κ2) is 6.22. The molecule has 0 saturated carbocycles. The van der Waals surface area contributed by atoms with Crippen LogP contribution in [0.5, 0.6) is 0 Å². The third-order valence-electron chi connectivity index (χ3n) is 4.18. The van der Waals surface area contributed by atoms with Crippen LogP contribution in [0.15, 0.2) is 36.7 Å². The molecule has 0 amide bonds. The van der Waals surface area contributed by atoms with Crippen LogP contribution < -0.4 is 5.73 Å². The highest BCUT2D eigenvalue weighted by Crippen LogP contribution is 2.22. The van der Waals surface area contributed by atoms with Gasteiger partial charge in [0.15, 0.2) is 9.84 Å². The molecule has 0 spiro atoms. The third kappa shape index (κ3) is 3.56. The maximum absolute atomic E-state index is 11.6. The highest BCUT2D eigenvalue weighted by Gasteiger charge is 2.28. The first-order valence-electron chi connectivity index (χ1n) is 7.54. The first-order chi connectivity index (χ1) is 10.6. The summed E-state index contributed by atoms with van der Waals surface area (Å²) in [6.45, 7) is 1.27. The molecule has 22 heavy (non-hydrogen) atoms. The Hall–Kier alpha value is -1.66. The summed E-state index contributed by atoms with van der Waals surface area (Å²) in [6, 6.07) is 8.20. The summed E-state index contributed by atoms with van der Waals surface area (Å²) in [4.78, 5) is 4.41. The number of imidazole rings is 1. The molecule has 1 unspecified atom stereocenters. The maximum atomic E-state index is 11.6. The lowest BCUT2D eigenvalue weighted by Crippen LogP contribution is -2.12. The van der Waals surface area contributed by atoms with E-state index in [0.717, 1.165) is 30.8 Å². The van der Waals surface area contributed by atoms with E-state index in [-0.39, 0.29) is 5.92 Å². The summed E-state index contributed by atoms with van der Waals surface area (Å²) in [5, 5.41) is 0. The summed E-state index contributed by atoms with van der Waals surface area (Å²) >= 11 is 0. The topological polar surface area (TPSA) is 78.0 Å². The van der Waals surface area contributed by atoms with Crippen LogP contribution >= 0.6 is 0 Å². The van der Waals surface area contributed by atoms with Crippen molar-refractivity contribution in [3.63, 3.8) is 0 Å². The van der Waals surface area contributed by atoms with Gasteiger partial charge in [-0.1, -0.05) is 24.3 Å². The molecule has 5 nitrogen and oxygen atoms in total. The van der Waals surface area contributed by atoms with Gasteiger partial charge in [0, 0.05) is 31.9 Å². The number of sulfone groups is 1. The van der Waals surface area contributed by atoms with Crippen molar-refractivity contribution in [2.45, 2.75) is 25.9 Å². The van der Waals surface area contributed by atoms with Crippen molar-refractivity contribution in [2.24, 2.45) is 11.7 Å². The summed E-state index contributed by atoms with van der Waals surface area (Å²) in [5.74, 6) is 1.76. The van der Waals surface area contributed by atoms with E-state index in [1.165, 1.54) is 5.56 Å². The molecule has 2 aromatic rings. The van der Waals surface area contributed by atoms with E-state index in [1.54, 1.807) is 6.20 Å². The normalized spacial score (nSPS) is 20.3. The number of hydrogen-bond acceptors (Lipinski definition) is 4. The van der Waals surface area contributed by atoms with Crippen molar-refractivity contribution < 1.29 is 8.42 Å². The van der Waals surface area contributed by atoms with E-state index in [4.69, 9.17) is 5.73 Å². The lowest BCUT2D eigenvalue weighted by molar-refractivity contribution is 0.551. The van der Waals surface area contributed by atoms with Crippen LogP contribution in [0.3, 0.4) is 0 Å². The highest BCUT2D eigenvalue weighted by atomic mass is 32.2. The average molecular weight is 319 g/mol. The smallest absolute Gasteiger partial charge is 0.150 e. The molecule has 118 valence electrons. The fraction of sp³-hybridized carbons (Fsp3) is 0.438. The van der Waals surface area contributed by atoms with E-state index in [0.29, 0.717) is 18.1 Å². The minimum atomic E-state index is -2.83. The van der Waals surface area contributed by atoms with Gasteiger partial charge in [-0.05, 0) is 23.5 Å². The fourth-order valence-corrected chi connectivity index (χ4v) is 4.88. The summed E-state index contributed by atoms with van der Waals surface area (Å²) < 4.78 is 25.3. The molecule has 2 N–H and O–H groups in total. The van der Waals surface area contributed by atoms with Crippen molar-refractivity contribution >= 4 is 9.84 Å². The molecule has 2 heterocycles. The summed E-state index contributed by atoms with van der Waals surface area (Å²) in [7, 11) is -2.83. The van der Waals surface area contributed by atoms with Gasteiger partial charge in [0.1, 0.15) is 5.82 Å². The van der Waals surface area contributed by atoms with Gasteiger partial charge in [-0.3, -0.25) is 0 Å². The van der Waals surface area contributed by atoms with E-state index in [1.807, 2.05) is 18.3 Å². The van der Waals surface area contributed by atoms with Gasteiger partial charge >= 0.3 is 0 Å². The Morgan fingerprint density at radius 1 is 1.32 bits per heavy atom. The molecule has 1 aromatic heterocycles. The first kappa shape index (κ1) is 15.2. The van der Waals surface area contributed by atoms with Crippen LogP contribution in [-0.2, 0) is 29.3 Å². The Bertz CT molecular complexity index is 752. The molecule has 1 aliphatic heterocycles. The second-order valence-electron chi connectivity index (χ2n) is 5.97. The Morgan fingerprint density at radius 2 is 2.14 bits per heavy atom. The molecule has 1 saturated heterocycles. The Morgan fingerprint density at radius 3 is 2.86 bits per heavy atom. The minimum Gasteiger partial charge on any atom is -0.331 e. The van der Waals surface area contributed by atoms with Gasteiger partial charge in [-0.25, -0.2) is 13.4 Å². The van der Waals surface area contributed by atoms with E-state index < -0.39 is 9.84 Å². The zero-order valence-electron chi connectivity index (χ0n) is 12.5. The van der Waals surface area contributed by atoms with Crippen molar-refractivity contribution in [3.8, 4) is 0 Å². The monoisotopic (exact) mass is 319 g/mol. The largest absolute Gasteiger partial charge is 0.331 e. The molecule has 1 fully saturated rings. The number of nitrogens with two attached hydrogens (primary N) is 1. The van der Waals surface area contributed by atoms with E-state index >= 15 is 0 Å². The number of rotatable bonds is 5. The van der Waals surface area contributed by atoms with Crippen LogP contribution in [0.1, 0.15) is 23.4 Å². The van der Waals surface area contributed by atoms with Gasteiger partial charge in [-0.2, -0.15) is 0 Å². The Kier molecular flexibility index (Phi) is 4.31. The number of nitrogens with zero attached hydrogens (tertiary/aromatic N) is 2. The predicted molar refractivity (Wildman–Crippen MR) is 86.1 cm³/mol.